The van der Waals surface area contributed by atoms with Crippen molar-refractivity contribution >= 4 is 40.6 Å². The van der Waals surface area contributed by atoms with E-state index in [1.165, 1.54) is 10.9 Å². The summed E-state index contributed by atoms with van der Waals surface area (Å²) in [5, 5.41) is 10.1. The number of H-pyrrole nitrogens is 1. The number of ether oxygens (including phenoxy) is 1. The first kappa shape index (κ1) is 26.7. The number of nitrogen functional groups attached to an aromatic ring is 1. The van der Waals surface area contributed by atoms with Gasteiger partial charge in [-0.1, -0.05) is 0 Å². The monoisotopic (exact) mass is 525 g/mol. The van der Waals surface area contributed by atoms with E-state index in [2.05, 4.69) is 28.1 Å². The van der Waals surface area contributed by atoms with Gasteiger partial charge in [0.2, 0.25) is 5.95 Å². The number of nitrogens with zero attached hydrogens (tertiary/aromatic N) is 3. The number of aliphatic hydroxyl groups excluding tert-OH is 1. The molecule has 0 spiro atoms. The Morgan fingerprint density at radius 3 is 2.50 bits per heavy atom. The lowest BCUT2D eigenvalue weighted by atomic mass is 10.2. The largest absolute Gasteiger partial charge is 0.490 e. The molecule has 32 heavy (non-hydrogen) atoms. The van der Waals surface area contributed by atoms with E-state index < -0.39 is 54.1 Å². The molecule has 0 amide bonds. The minimum absolute atomic E-state index is 0. The fourth-order valence-corrected chi connectivity index (χ4v) is 5.69. The Bertz CT molecular complexity index is 1180. The van der Waals surface area contributed by atoms with Gasteiger partial charge in [0.1, 0.15) is 12.3 Å². The number of aromatic amines is 1. The van der Waals surface area contributed by atoms with Gasteiger partial charge in [-0.05, 0) is 0 Å². The Kier molecular flexibility index (Phi) is 7.81. The maximum atomic E-state index is 11.8. The van der Waals surface area contributed by atoms with Gasteiger partial charge in [-0.25, -0.2) is 18.7 Å². The highest BCUT2D eigenvalue weighted by atomic mass is 31.3. The van der Waals surface area contributed by atoms with Crippen LogP contribution in [0.3, 0.4) is 0 Å². The number of aromatic nitrogens is 4. The van der Waals surface area contributed by atoms with Gasteiger partial charge in [0, 0.05) is 6.42 Å². The molecule has 1 aliphatic heterocycles. The number of rotatable bonds is 8. The standard InChI is InChI=1S/C10H16N5O13P3.H2O/c11-10-13-8-7(9(17)14-10)12-3-15(8)6-1-4(16)5(26-6)2-25-30(21,22)28-31(23,24)27-29(18,19)20;/h3-6,16H,1-2H2,(H,21,22)(H,23,24)(H2,18,19,20)(H3,11,13,14,17);1H2/t4-,5+,6+;/m0./s1. The molecule has 5 atom stereocenters. The predicted molar refractivity (Wildman–Crippen MR) is 101 cm³/mol. The van der Waals surface area contributed by atoms with Crippen molar-refractivity contribution in [2.24, 2.45) is 0 Å². The molecule has 2 aromatic rings. The maximum absolute atomic E-state index is 11.8. The summed E-state index contributed by atoms with van der Waals surface area (Å²) >= 11 is 0. The molecule has 0 radical (unpaired) electrons. The quantitative estimate of drug-likeness (QED) is 0.181. The van der Waals surface area contributed by atoms with Crippen LogP contribution >= 0.6 is 23.5 Å². The lowest BCUT2D eigenvalue weighted by Crippen LogP contribution is -2.26. The molecule has 19 nitrogen and oxygen atoms in total. The zero-order chi connectivity index (χ0) is 23.2. The van der Waals surface area contributed by atoms with Crippen molar-refractivity contribution in [2.45, 2.75) is 24.9 Å². The van der Waals surface area contributed by atoms with Crippen LogP contribution in [0.2, 0.25) is 0 Å². The molecule has 1 aliphatic rings. The number of nitrogens with two attached hydrogens (primary N) is 1. The van der Waals surface area contributed by atoms with E-state index in [9.17, 15) is 28.5 Å². The molecule has 2 unspecified atom stereocenters. The van der Waals surface area contributed by atoms with Gasteiger partial charge in [-0.15, -0.1) is 0 Å². The molecular formula is C10H18N5O14P3. The maximum Gasteiger partial charge on any atom is 0.490 e. The second-order valence-electron chi connectivity index (χ2n) is 6.09. The summed E-state index contributed by atoms with van der Waals surface area (Å²) in [6.07, 6.45) is -2.36. The number of phosphoric ester groups is 1. The number of fused-ring (bicyclic) bond motifs is 1. The third kappa shape index (κ3) is 6.49. The molecule has 0 saturated carbocycles. The van der Waals surface area contributed by atoms with Crippen LogP contribution in [-0.4, -0.2) is 68.5 Å². The van der Waals surface area contributed by atoms with Crippen LogP contribution in [0.25, 0.3) is 11.2 Å². The molecule has 10 N–H and O–H groups in total. The summed E-state index contributed by atoms with van der Waals surface area (Å²) in [6, 6.07) is 0. The molecule has 0 aliphatic carbocycles. The fraction of sp³-hybridized carbons (Fsp3) is 0.500. The molecule has 1 fully saturated rings. The third-order valence-electron chi connectivity index (χ3n) is 3.78. The number of phosphoric acid groups is 3. The topological polar surface area (TPSA) is 310 Å². The van der Waals surface area contributed by atoms with E-state index in [0.29, 0.717) is 0 Å². The van der Waals surface area contributed by atoms with E-state index in [1.54, 1.807) is 0 Å². The Labute approximate surface area is 176 Å². The first-order chi connectivity index (χ1) is 14.2. The van der Waals surface area contributed by atoms with Crippen molar-refractivity contribution in [1.29, 1.82) is 0 Å². The van der Waals surface area contributed by atoms with Gasteiger partial charge in [-0.2, -0.15) is 13.6 Å². The summed E-state index contributed by atoms with van der Waals surface area (Å²) in [5.41, 5.74) is 4.89. The van der Waals surface area contributed by atoms with Crippen LogP contribution in [0.4, 0.5) is 5.95 Å². The Balaban J connectivity index is 0.00000363. The highest BCUT2D eigenvalue weighted by Gasteiger charge is 2.43. The summed E-state index contributed by atoms with van der Waals surface area (Å²) in [4.78, 5) is 57.5. The summed E-state index contributed by atoms with van der Waals surface area (Å²) in [5.74, 6) is -0.193. The van der Waals surface area contributed by atoms with Crippen molar-refractivity contribution < 1.29 is 61.7 Å². The molecule has 0 bridgehead atoms. The number of hydrogen-bond donors (Lipinski definition) is 7. The van der Waals surface area contributed by atoms with Crippen LogP contribution in [-0.2, 0) is 31.6 Å². The first-order valence-corrected chi connectivity index (χ1v) is 12.5. The Morgan fingerprint density at radius 2 is 1.88 bits per heavy atom. The minimum atomic E-state index is -5.67. The second-order valence-corrected chi connectivity index (χ2v) is 10.5. The normalized spacial score (nSPS) is 25.2. The van der Waals surface area contributed by atoms with Crippen LogP contribution in [0.15, 0.2) is 11.1 Å². The van der Waals surface area contributed by atoms with Crippen LogP contribution < -0.4 is 11.3 Å². The molecule has 0 aromatic carbocycles. The number of imidazole rings is 1. The average molecular weight is 525 g/mol. The fourth-order valence-electron chi connectivity index (χ4n) is 2.66. The summed E-state index contributed by atoms with van der Waals surface area (Å²) in [6.45, 7) is -0.843. The van der Waals surface area contributed by atoms with Crippen molar-refractivity contribution in [3.8, 4) is 0 Å². The Hall–Kier alpha value is -1.56. The van der Waals surface area contributed by atoms with E-state index in [0.717, 1.165) is 0 Å². The van der Waals surface area contributed by atoms with Crippen molar-refractivity contribution in [3.05, 3.63) is 16.7 Å². The number of hydrogen-bond acceptors (Lipinski definition) is 12. The molecule has 1 saturated heterocycles. The molecule has 22 heteroatoms. The average Bonchev–Trinajstić information content (AvgIpc) is 3.13. The van der Waals surface area contributed by atoms with E-state index in [-0.39, 0.29) is 29.0 Å². The smallest absolute Gasteiger partial charge is 0.412 e. The Morgan fingerprint density at radius 1 is 1.22 bits per heavy atom. The molecule has 3 heterocycles. The van der Waals surface area contributed by atoms with Crippen LogP contribution in [0.1, 0.15) is 12.6 Å². The number of aliphatic hydroxyl groups is 1. The second kappa shape index (κ2) is 9.36. The SMILES string of the molecule is Nc1nc2c(ncn2[C@H]2C[C@H](O)[C@@H](COP(=O)(O)OP(=O)(O)OP(=O)(O)O)O2)c(=O)[nH]1.O. The molecule has 182 valence electrons. The van der Waals surface area contributed by atoms with Gasteiger partial charge in [0.25, 0.3) is 5.56 Å². The zero-order valence-corrected chi connectivity index (χ0v) is 18.2. The zero-order valence-electron chi connectivity index (χ0n) is 15.5. The van der Waals surface area contributed by atoms with Crippen LogP contribution in [0, 0.1) is 0 Å². The lowest BCUT2D eigenvalue weighted by molar-refractivity contribution is -0.0423. The van der Waals surface area contributed by atoms with Crippen LogP contribution in [0.5, 0.6) is 0 Å². The van der Waals surface area contributed by atoms with Gasteiger partial charge in [0.15, 0.2) is 11.2 Å². The third-order valence-corrected chi connectivity index (χ3v) is 7.59. The molecule has 3 rings (SSSR count). The van der Waals surface area contributed by atoms with Gasteiger partial charge < -0.3 is 40.6 Å². The van der Waals surface area contributed by atoms with Gasteiger partial charge in [-0.3, -0.25) is 18.9 Å². The summed E-state index contributed by atoms with van der Waals surface area (Å²) < 4.78 is 52.1. The van der Waals surface area contributed by atoms with Crippen molar-refractivity contribution in [3.63, 3.8) is 0 Å². The number of nitrogens with one attached hydrogen (secondary N) is 1. The highest BCUT2D eigenvalue weighted by Crippen LogP contribution is 2.66. The molecular weight excluding hydrogens is 507 g/mol. The van der Waals surface area contributed by atoms with E-state index in [1.807, 2.05) is 0 Å². The summed E-state index contributed by atoms with van der Waals surface area (Å²) in [7, 11) is -16.6. The van der Waals surface area contributed by atoms with E-state index >= 15 is 0 Å². The first-order valence-electron chi connectivity index (χ1n) is 8.00. The highest BCUT2D eigenvalue weighted by molar-refractivity contribution is 7.66. The lowest BCUT2D eigenvalue weighted by Gasteiger charge is -2.19. The van der Waals surface area contributed by atoms with Gasteiger partial charge >= 0.3 is 23.5 Å². The van der Waals surface area contributed by atoms with Crippen molar-refractivity contribution in [1.82, 2.24) is 19.5 Å². The minimum Gasteiger partial charge on any atom is -0.412 e. The predicted octanol–water partition coefficient (Wildman–Crippen LogP) is -2.13. The van der Waals surface area contributed by atoms with E-state index in [4.69, 9.17) is 25.2 Å². The van der Waals surface area contributed by atoms with Gasteiger partial charge in [0.05, 0.1) is 19.0 Å². The number of anilines is 1. The van der Waals surface area contributed by atoms with Crippen molar-refractivity contribution in [2.75, 3.05) is 12.3 Å². The molecule has 2 aromatic heterocycles.